The van der Waals surface area contributed by atoms with Crippen LogP contribution in [0.3, 0.4) is 0 Å². The topological polar surface area (TPSA) is 12.0 Å². The highest BCUT2D eigenvalue weighted by Crippen LogP contribution is 2.19. The quantitative estimate of drug-likeness (QED) is 0.445. The number of nitrogens with one attached hydrogen (secondary N) is 1. The molecule has 0 aliphatic heterocycles. The van der Waals surface area contributed by atoms with Crippen LogP contribution in [0.1, 0.15) is 33.6 Å². The zero-order chi connectivity index (χ0) is 7.33. The molecule has 0 atom stereocenters. The van der Waals surface area contributed by atoms with Crippen molar-refractivity contribution in [2.75, 3.05) is 6.54 Å². The zero-order valence-electron chi connectivity index (χ0n) is 6.70. The number of rotatable bonds is 3. The molecular weight excluding hydrogens is 109 g/mol. The highest BCUT2D eigenvalue weighted by Gasteiger charge is 2.07. The standard InChI is InChI=1S/C7H16BN/c1-7(2,3)5-4-6-9-8/h9H,4-6H2,1-3H3. The molecule has 0 fully saturated rings. The van der Waals surface area contributed by atoms with Crippen LogP contribution in [0, 0.1) is 5.41 Å². The summed E-state index contributed by atoms with van der Waals surface area (Å²) in [5, 5.41) is 2.64. The van der Waals surface area contributed by atoms with Gasteiger partial charge in [-0.05, 0) is 24.8 Å². The van der Waals surface area contributed by atoms with Crippen LogP contribution in [0.5, 0.6) is 0 Å². The van der Waals surface area contributed by atoms with Gasteiger partial charge < -0.3 is 5.23 Å². The van der Waals surface area contributed by atoms with E-state index in [1.54, 1.807) is 0 Å². The Labute approximate surface area is 59.7 Å². The maximum Gasteiger partial charge on any atom is 0.177 e. The highest BCUT2D eigenvalue weighted by molar-refractivity contribution is 6.04. The summed E-state index contributed by atoms with van der Waals surface area (Å²) in [5.41, 5.74) is 0.455. The van der Waals surface area contributed by atoms with Gasteiger partial charge in [0.2, 0.25) is 0 Å². The molecule has 0 spiro atoms. The average molecular weight is 125 g/mol. The fourth-order valence-electron chi connectivity index (χ4n) is 0.721. The summed E-state index contributed by atoms with van der Waals surface area (Å²) in [4.78, 5) is 0. The molecule has 0 aliphatic carbocycles. The highest BCUT2D eigenvalue weighted by atomic mass is 14.7. The van der Waals surface area contributed by atoms with E-state index in [0.717, 1.165) is 6.54 Å². The van der Waals surface area contributed by atoms with E-state index in [2.05, 4.69) is 26.0 Å². The van der Waals surface area contributed by atoms with Crippen LogP contribution >= 0.6 is 0 Å². The van der Waals surface area contributed by atoms with Gasteiger partial charge in [-0.2, -0.15) is 0 Å². The molecule has 0 bridgehead atoms. The molecule has 9 heavy (non-hydrogen) atoms. The van der Waals surface area contributed by atoms with Crippen molar-refractivity contribution in [3.63, 3.8) is 0 Å². The van der Waals surface area contributed by atoms with E-state index in [-0.39, 0.29) is 0 Å². The van der Waals surface area contributed by atoms with Crippen molar-refractivity contribution in [1.29, 1.82) is 0 Å². The first-order valence-corrected chi connectivity index (χ1v) is 3.50. The van der Waals surface area contributed by atoms with Gasteiger partial charge >= 0.3 is 0 Å². The Balaban J connectivity index is 3.07. The molecule has 52 valence electrons. The summed E-state index contributed by atoms with van der Waals surface area (Å²) in [5.74, 6) is 0. The van der Waals surface area contributed by atoms with E-state index in [9.17, 15) is 0 Å². The lowest BCUT2D eigenvalue weighted by atomic mass is 9.90. The Morgan fingerprint density at radius 2 is 1.89 bits per heavy atom. The monoisotopic (exact) mass is 125 g/mol. The summed E-state index contributed by atoms with van der Waals surface area (Å²) in [6.07, 6.45) is 2.40. The third-order valence-electron chi connectivity index (χ3n) is 1.25. The Kier molecular flexibility index (Phi) is 3.95. The third kappa shape index (κ3) is 8.02. The number of hydrogen-bond donors (Lipinski definition) is 1. The Bertz CT molecular complexity index is 65.8. The van der Waals surface area contributed by atoms with Crippen LogP contribution in [-0.2, 0) is 0 Å². The van der Waals surface area contributed by atoms with E-state index < -0.39 is 0 Å². The predicted octanol–water partition coefficient (Wildman–Crippen LogP) is 1.49. The minimum absolute atomic E-state index is 0.455. The Morgan fingerprint density at radius 3 is 2.22 bits per heavy atom. The molecule has 0 amide bonds. The summed E-state index contributed by atoms with van der Waals surface area (Å²) >= 11 is 0. The van der Waals surface area contributed by atoms with Crippen molar-refractivity contribution in [2.24, 2.45) is 5.41 Å². The average Bonchev–Trinajstić information content (AvgIpc) is 1.63. The van der Waals surface area contributed by atoms with E-state index in [1.165, 1.54) is 12.8 Å². The lowest BCUT2D eigenvalue weighted by Crippen LogP contribution is -2.13. The molecule has 0 rings (SSSR count). The van der Waals surface area contributed by atoms with Gasteiger partial charge in [-0.3, -0.25) is 0 Å². The van der Waals surface area contributed by atoms with Crippen molar-refractivity contribution in [3.8, 4) is 0 Å². The molecule has 0 unspecified atom stereocenters. The number of hydrogen-bond acceptors (Lipinski definition) is 1. The fourth-order valence-corrected chi connectivity index (χ4v) is 0.721. The van der Waals surface area contributed by atoms with Crippen LogP contribution in [0.25, 0.3) is 0 Å². The first kappa shape index (κ1) is 9.02. The lowest BCUT2D eigenvalue weighted by Gasteiger charge is -2.17. The SMILES string of the molecule is [B]NCCCC(C)(C)C. The molecule has 1 nitrogen and oxygen atoms in total. The second kappa shape index (κ2) is 3.94. The Hall–Kier alpha value is 0.0249. The first-order valence-electron chi connectivity index (χ1n) is 3.50. The first-order chi connectivity index (χ1) is 4.06. The minimum atomic E-state index is 0.455. The zero-order valence-corrected chi connectivity index (χ0v) is 6.70. The Morgan fingerprint density at radius 1 is 1.33 bits per heavy atom. The van der Waals surface area contributed by atoms with Crippen LogP contribution in [0.4, 0.5) is 0 Å². The van der Waals surface area contributed by atoms with Gasteiger partial charge in [0.25, 0.3) is 0 Å². The van der Waals surface area contributed by atoms with Crippen LogP contribution in [0.15, 0.2) is 0 Å². The molecular formula is C7H16BN. The third-order valence-corrected chi connectivity index (χ3v) is 1.25. The lowest BCUT2D eigenvalue weighted by molar-refractivity contribution is 0.366. The molecule has 2 radical (unpaired) electrons. The molecule has 0 aromatic heterocycles. The van der Waals surface area contributed by atoms with Crippen molar-refractivity contribution in [3.05, 3.63) is 0 Å². The van der Waals surface area contributed by atoms with Gasteiger partial charge in [-0.1, -0.05) is 20.8 Å². The molecule has 0 aliphatic rings. The van der Waals surface area contributed by atoms with Crippen LogP contribution in [0.2, 0.25) is 0 Å². The van der Waals surface area contributed by atoms with E-state index >= 15 is 0 Å². The summed E-state index contributed by atoms with van der Waals surface area (Å²) in [6, 6.07) is 0. The molecule has 0 aromatic rings. The summed E-state index contributed by atoms with van der Waals surface area (Å²) in [6.45, 7) is 7.65. The molecule has 0 heterocycles. The van der Waals surface area contributed by atoms with Gasteiger partial charge in [0, 0.05) is 0 Å². The van der Waals surface area contributed by atoms with Crippen molar-refractivity contribution < 1.29 is 0 Å². The van der Waals surface area contributed by atoms with E-state index in [1.807, 2.05) is 0 Å². The molecule has 0 aromatic carbocycles. The van der Waals surface area contributed by atoms with E-state index in [4.69, 9.17) is 7.98 Å². The van der Waals surface area contributed by atoms with Crippen molar-refractivity contribution in [2.45, 2.75) is 33.6 Å². The molecule has 0 saturated carbocycles. The van der Waals surface area contributed by atoms with Crippen molar-refractivity contribution >= 4 is 7.98 Å². The maximum absolute atomic E-state index is 5.11. The van der Waals surface area contributed by atoms with Crippen molar-refractivity contribution in [1.82, 2.24) is 5.23 Å². The molecule has 2 heteroatoms. The van der Waals surface area contributed by atoms with Gasteiger partial charge in [0.1, 0.15) is 0 Å². The summed E-state index contributed by atoms with van der Waals surface area (Å²) in [7, 11) is 5.11. The second-order valence-corrected chi connectivity index (χ2v) is 3.62. The fraction of sp³-hybridized carbons (Fsp3) is 1.00. The van der Waals surface area contributed by atoms with E-state index in [0.29, 0.717) is 5.41 Å². The smallest absolute Gasteiger partial charge is 0.177 e. The predicted molar refractivity (Wildman–Crippen MR) is 42.4 cm³/mol. The van der Waals surface area contributed by atoms with Gasteiger partial charge in [-0.25, -0.2) is 0 Å². The normalized spacial score (nSPS) is 11.9. The minimum Gasteiger partial charge on any atom is -0.366 e. The molecule has 1 N–H and O–H groups in total. The van der Waals surface area contributed by atoms with Crippen LogP contribution in [-0.4, -0.2) is 14.5 Å². The van der Waals surface area contributed by atoms with Gasteiger partial charge in [-0.15, -0.1) is 0 Å². The summed E-state index contributed by atoms with van der Waals surface area (Å²) < 4.78 is 0. The maximum atomic E-state index is 5.11. The van der Waals surface area contributed by atoms with Crippen LogP contribution < -0.4 is 5.23 Å². The second-order valence-electron chi connectivity index (χ2n) is 3.62. The van der Waals surface area contributed by atoms with Gasteiger partial charge in [0.05, 0.1) is 0 Å². The largest absolute Gasteiger partial charge is 0.366 e. The molecule has 0 saturated heterocycles. The van der Waals surface area contributed by atoms with Gasteiger partial charge in [0.15, 0.2) is 7.98 Å².